The summed E-state index contributed by atoms with van der Waals surface area (Å²) in [4.78, 5) is 23.7. The molecule has 0 N–H and O–H groups in total. The van der Waals surface area contributed by atoms with Crippen molar-refractivity contribution in [2.24, 2.45) is 0 Å². The number of esters is 2. The van der Waals surface area contributed by atoms with Crippen LogP contribution in [0.4, 0.5) is 0 Å². The minimum Gasteiger partial charge on any atom is -0.462 e. The third kappa shape index (κ3) is 17.4. The lowest BCUT2D eigenvalue weighted by molar-refractivity contribution is -0.152. The van der Waals surface area contributed by atoms with Crippen LogP contribution in [0.2, 0.25) is 0 Å². The summed E-state index contributed by atoms with van der Waals surface area (Å²) < 4.78 is 21.9. The van der Waals surface area contributed by atoms with E-state index in [-0.39, 0.29) is 25.2 Å². The lowest BCUT2D eigenvalue weighted by Gasteiger charge is -2.07. The van der Waals surface area contributed by atoms with E-state index >= 15 is 0 Å². The number of carbonyl (C=O) groups is 2. The molecule has 0 spiro atoms. The molecule has 38 heavy (non-hydrogen) atoms. The molecule has 4 unspecified atom stereocenters. The molecule has 4 atom stereocenters. The Labute approximate surface area is 233 Å². The SMILES string of the molecule is CCCCCCC1OC1CCCCCCC(=O)OCCOC(=O)CCCCCCC1OC1CCCCCC. The number of hydrogen-bond acceptors (Lipinski definition) is 6. The van der Waals surface area contributed by atoms with E-state index < -0.39 is 0 Å². The Hall–Kier alpha value is -1.14. The zero-order chi connectivity index (χ0) is 27.3. The van der Waals surface area contributed by atoms with Crippen LogP contribution >= 0.6 is 0 Å². The van der Waals surface area contributed by atoms with E-state index in [0.29, 0.717) is 37.3 Å². The first-order valence-corrected chi connectivity index (χ1v) is 16.3. The van der Waals surface area contributed by atoms with Gasteiger partial charge in [-0.3, -0.25) is 9.59 Å². The van der Waals surface area contributed by atoms with E-state index in [0.717, 1.165) is 51.4 Å². The molecule has 6 heteroatoms. The van der Waals surface area contributed by atoms with Gasteiger partial charge in [0.2, 0.25) is 0 Å². The average molecular weight is 539 g/mol. The highest BCUT2D eigenvalue weighted by Gasteiger charge is 2.37. The van der Waals surface area contributed by atoms with Gasteiger partial charge in [0.1, 0.15) is 13.2 Å². The van der Waals surface area contributed by atoms with Crippen molar-refractivity contribution in [2.45, 2.75) is 180 Å². The Morgan fingerprint density at radius 1 is 0.474 bits per heavy atom. The molecule has 2 saturated heterocycles. The standard InChI is InChI=1S/C32H58O6/c1-3-5-7-13-19-27-29(37-27)21-15-9-11-17-23-31(33)35-25-26-36-32(34)24-18-12-10-16-22-30-28(38-30)20-14-8-6-4-2/h27-30H,3-26H2,1-2H3. The van der Waals surface area contributed by atoms with E-state index in [4.69, 9.17) is 18.9 Å². The first-order chi connectivity index (χ1) is 18.6. The highest BCUT2D eigenvalue weighted by molar-refractivity contribution is 5.70. The molecule has 0 aliphatic carbocycles. The summed E-state index contributed by atoms with van der Waals surface area (Å²) in [6.45, 7) is 4.80. The van der Waals surface area contributed by atoms with Crippen molar-refractivity contribution in [1.29, 1.82) is 0 Å². The lowest BCUT2D eigenvalue weighted by atomic mass is 10.0. The monoisotopic (exact) mass is 538 g/mol. The third-order valence-corrected chi connectivity index (χ3v) is 7.91. The van der Waals surface area contributed by atoms with E-state index in [1.54, 1.807) is 0 Å². The predicted octanol–water partition coefficient (Wildman–Crippen LogP) is 8.23. The van der Waals surface area contributed by atoms with E-state index in [1.165, 1.54) is 77.0 Å². The van der Waals surface area contributed by atoms with Crippen molar-refractivity contribution < 1.29 is 28.5 Å². The predicted molar refractivity (Wildman–Crippen MR) is 152 cm³/mol. The molecule has 0 amide bonds. The normalized spacial score (nSPS) is 21.8. The fourth-order valence-corrected chi connectivity index (χ4v) is 5.31. The first kappa shape index (κ1) is 33.1. The van der Waals surface area contributed by atoms with Gasteiger partial charge < -0.3 is 18.9 Å². The minimum absolute atomic E-state index is 0.157. The van der Waals surface area contributed by atoms with Crippen LogP contribution in [-0.2, 0) is 28.5 Å². The van der Waals surface area contributed by atoms with E-state index in [9.17, 15) is 9.59 Å². The van der Waals surface area contributed by atoms with Gasteiger partial charge in [0.15, 0.2) is 0 Å². The summed E-state index contributed by atoms with van der Waals surface area (Å²) in [5.41, 5.74) is 0. The van der Waals surface area contributed by atoms with E-state index in [2.05, 4.69) is 13.8 Å². The minimum atomic E-state index is -0.193. The zero-order valence-electron chi connectivity index (χ0n) is 24.7. The number of epoxide rings is 2. The summed E-state index contributed by atoms with van der Waals surface area (Å²) in [5.74, 6) is -0.386. The summed E-state index contributed by atoms with van der Waals surface area (Å²) in [6, 6.07) is 0. The van der Waals surface area contributed by atoms with Gasteiger partial charge in [0, 0.05) is 12.8 Å². The van der Waals surface area contributed by atoms with Gasteiger partial charge in [-0.25, -0.2) is 0 Å². The van der Waals surface area contributed by atoms with Crippen LogP contribution in [0.5, 0.6) is 0 Å². The van der Waals surface area contributed by atoms with Crippen molar-refractivity contribution in [3.63, 3.8) is 0 Å². The molecule has 6 nitrogen and oxygen atoms in total. The fraction of sp³-hybridized carbons (Fsp3) is 0.938. The highest BCUT2D eigenvalue weighted by atomic mass is 16.6. The van der Waals surface area contributed by atoms with Gasteiger partial charge in [0.25, 0.3) is 0 Å². The molecule has 2 rings (SSSR count). The molecule has 0 aromatic heterocycles. The Kier molecular flexibility index (Phi) is 18.8. The molecular weight excluding hydrogens is 480 g/mol. The van der Waals surface area contributed by atoms with Crippen molar-refractivity contribution in [2.75, 3.05) is 13.2 Å². The second-order valence-electron chi connectivity index (χ2n) is 11.5. The molecule has 0 aromatic rings. The van der Waals surface area contributed by atoms with Gasteiger partial charge in [-0.15, -0.1) is 0 Å². The number of hydrogen-bond donors (Lipinski definition) is 0. The molecule has 0 saturated carbocycles. The average Bonchev–Trinajstić information content (AvgIpc) is 3.84. The van der Waals surface area contributed by atoms with E-state index in [1.807, 2.05) is 0 Å². The van der Waals surface area contributed by atoms with Gasteiger partial charge in [-0.05, 0) is 38.5 Å². The quantitative estimate of drug-likeness (QED) is 0.0595. The van der Waals surface area contributed by atoms with Crippen molar-refractivity contribution in [3.8, 4) is 0 Å². The maximum Gasteiger partial charge on any atom is 0.305 e. The van der Waals surface area contributed by atoms with Crippen molar-refractivity contribution >= 4 is 11.9 Å². The molecule has 0 aromatic carbocycles. The summed E-state index contributed by atoms with van der Waals surface area (Å²) in [7, 11) is 0. The Morgan fingerprint density at radius 3 is 1.13 bits per heavy atom. The number of unbranched alkanes of at least 4 members (excludes halogenated alkanes) is 12. The summed E-state index contributed by atoms with van der Waals surface area (Å²) in [6.07, 6.45) is 26.6. The second-order valence-corrected chi connectivity index (χ2v) is 11.5. The Balaban J connectivity index is 1.26. The second kappa shape index (κ2) is 21.7. The molecule has 2 fully saturated rings. The van der Waals surface area contributed by atoms with Crippen LogP contribution in [0.1, 0.15) is 155 Å². The third-order valence-electron chi connectivity index (χ3n) is 7.91. The number of carbonyl (C=O) groups excluding carboxylic acids is 2. The molecule has 0 bridgehead atoms. The van der Waals surface area contributed by atoms with Gasteiger partial charge in [-0.2, -0.15) is 0 Å². The summed E-state index contributed by atoms with van der Waals surface area (Å²) in [5, 5.41) is 0. The highest BCUT2D eigenvalue weighted by Crippen LogP contribution is 2.32. The van der Waals surface area contributed by atoms with Crippen LogP contribution in [-0.4, -0.2) is 49.6 Å². The van der Waals surface area contributed by atoms with Gasteiger partial charge in [-0.1, -0.05) is 104 Å². The Morgan fingerprint density at radius 2 is 0.789 bits per heavy atom. The van der Waals surface area contributed by atoms with Gasteiger partial charge in [0.05, 0.1) is 24.4 Å². The Bertz CT molecular complexity index is 557. The molecule has 2 aliphatic heterocycles. The maximum absolute atomic E-state index is 11.9. The molecule has 222 valence electrons. The van der Waals surface area contributed by atoms with Crippen LogP contribution < -0.4 is 0 Å². The molecule has 2 heterocycles. The van der Waals surface area contributed by atoms with Crippen molar-refractivity contribution in [3.05, 3.63) is 0 Å². The summed E-state index contributed by atoms with van der Waals surface area (Å²) >= 11 is 0. The molecular formula is C32H58O6. The van der Waals surface area contributed by atoms with Crippen molar-refractivity contribution in [1.82, 2.24) is 0 Å². The first-order valence-electron chi connectivity index (χ1n) is 16.3. The largest absolute Gasteiger partial charge is 0.462 e. The van der Waals surface area contributed by atoms with Crippen LogP contribution in [0, 0.1) is 0 Å². The molecule has 2 aliphatic rings. The van der Waals surface area contributed by atoms with Crippen LogP contribution in [0.25, 0.3) is 0 Å². The zero-order valence-corrected chi connectivity index (χ0v) is 24.7. The smallest absolute Gasteiger partial charge is 0.305 e. The molecule has 0 radical (unpaired) electrons. The van der Waals surface area contributed by atoms with Crippen LogP contribution in [0.3, 0.4) is 0 Å². The van der Waals surface area contributed by atoms with Crippen LogP contribution in [0.15, 0.2) is 0 Å². The lowest BCUT2D eigenvalue weighted by Crippen LogP contribution is -2.13. The maximum atomic E-state index is 11.9. The van der Waals surface area contributed by atoms with Gasteiger partial charge >= 0.3 is 11.9 Å². The fourth-order valence-electron chi connectivity index (χ4n) is 5.31. The number of rotatable bonds is 27. The number of ether oxygens (including phenoxy) is 4. The topological polar surface area (TPSA) is 77.7 Å².